The highest BCUT2D eigenvalue weighted by Gasteiger charge is 2.21. The highest BCUT2D eigenvalue weighted by molar-refractivity contribution is 9.10. The molecule has 0 N–H and O–H groups in total. The van der Waals surface area contributed by atoms with Crippen LogP contribution in [-0.4, -0.2) is 12.4 Å². The molecule has 0 unspecified atom stereocenters. The molecule has 0 spiro atoms. The maximum atomic E-state index is 13.3. The third-order valence-corrected chi connectivity index (χ3v) is 4.31. The van der Waals surface area contributed by atoms with Gasteiger partial charge in [-0.05, 0) is 35.9 Å². The van der Waals surface area contributed by atoms with Gasteiger partial charge in [-0.25, -0.2) is 4.39 Å². The van der Waals surface area contributed by atoms with Crippen molar-refractivity contribution in [2.24, 2.45) is 0 Å². The molecule has 0 saturated carbocycles. The summed E-state index contributed by atoms with van der Waals surface area (Å²) in [7, 11) is 0. The van der Waals surface area contributed by atoms with Crippen LogP contribution in [0.25, 0.3) is 0 Å². The number of ketones is 1. The fraction of sp³-hybridized carbons (Fsp3) is 0.188. The Morgan fingerprint density at radius 1 is 1.33 bits per heavy atom. The Bertz CT molecular complexity index is 730. The molecular weight excluding hydrogens is 359 g/mol. The summed E-state index contributed by atoms with van der Waals surface area (Å²) in [5.74, 6) is 0.121. The Hall–Kier alpha value is -1.39. The molecule has 2 nitrogen and oxygen atoms in total. The van der Waals surface area contributed by atoms with Crippen molar-refractivity contribution >= 4 is 33.3 Å². The van der Waals surface area contributed by atoms with Crippen LogP contribution in [0.3, 0.4) is 0 Å². The molecule has 1 aliphatic heterocycles. The maximum Gasteiger partial charge on any atom is 0.168 e. The molecule has 2 aromatic carbocycles. The topological polar surface area (TPSA) is 26.3 Å². The van der Waals surface area contributed by atoms with Gasteiger partial charge in [-0.3, -0.25) is 4.79 Å². The summed E-state index contributed by atoms with van der Waals surface area (Å²) >= 11 is 9.35. The van der Waals surface area contributed by atoms with Crippen LogP contribution in [0.15, 0.2) is 34.8 Å². The zero-order valence-electron chi connectivity index (χ0n) is 11.0. The molecule has 0 fully saturated rings. The number of hydrogen-bond donors (Lipinski definition) is 0. The number of fused-ring (bicyclic) bond motifs is 1. The smallest absolute Gasteiger partial charge is 0.168 e. The minimum Gasteiger partial charge on any atom is -0.493 e. The van der Waals surface area contributed by atoms with E-state index in [0.29, 0.717) is 21.7 Å². The van der Waals surface area contributed by atoms with Crippen molar-refractivity contribution in [2.45, 2.75) is 12.8 Å². The number of rotatable bonds is 3. The summed E-state index contributed by atoms with van der Waals surface area (Å²) in [6, 6.07) is 7.66. The van der Waals surface area contributed by atoms with Crippen LogP contribution in [0.1, 0.15) is 21.5 Å². The number of ether oxygens (including phenoxy) is 1. The van der Waals surface area contributed by atoms with E-state index in [2.05, 4.69) is 15.9 Å². The van der Waals surface area contributed by atoms with E-state index in [4.69, 9.17) is 16.3 Å². The van der Waals surface area contributed by atoms with Gasteiger partial charge in [0.25, 0.3) is 0 Å². The maximum absolute atomic E-state index is 13.3. The molecule has 2 aromatic rings. The molecule has 0 radical (unpaired) electrons. The molecule has 0 aliphatic carbocycles. The van der Waals surface area contributed by atoms with Gasteiger partial charge in [0, 0.05) is 33.5 Å². The van der Waals surface area contributed by atoms with E-state index in [9.17, 15) is 9.18 Å². The van der Waals surface area contributed by atoms with Crippen molar-refractivity contribution in [3.63, 3.8) is 0 Å². The number of Topliss-reactive ketones (excluding diaryl/α,β-unsaturated/α-hetero) is 1. The third kappa shape index (κ3) is 2.97. The minimum absolute atomic E-state index is 0.130. The summed E-state index contributed by atoms with van der Waals surface area (Å²) in [4.78, 5) is 12.4. The lowest BCUT2D eigenvalue weighted by atomic mass is 10.00. The number of carbonyl (C=O) groups is 1. The van der Waals surface area contributed by atoms with Gasteiger partial charge in [-0.2, -0.15) is 0 Å². The quantitative estimate of drug-likeness (QED) is 0.739. The first kappa shape index (κ1) is 14.5. The fourth-order valence-corrected chi connectivity index (χ4v) is 3.19. The van der Waals surface area contributed by atoms with Crippen molar-refractivity contribution in [1.29, 1.82) is 0 Å². The van der Waals surface area contributed by atoms with E-state index in [0.717, 1.165) is 23.3 Å². The normalized spacial score (nSPS) is 12.9. The van der Waals surface area contributed by atoms with Crippen LogP contribution in [0.4, 0.5) is 4.39 Å². The summed E-state index contributed by atoms with van der Waals surface area (Å²) in [6.07, 6.45) is 0.922. The Labute approximate surface area is 135 Å². The summed E-state index contributed by atoms with van der Waals surface area (Å²) in [6.45, 7) is 0.598. The highest BCUT2D eigenvalue weighted by Crippen LogP contribution is 2.34. The van der Waals surface area contributed by atoms with E-state index in [-0.39, 0.29) is 12.2 Å². The molecule has 0 saturated heterocycles. The molecule has 5 heteroatoms. The van der Waals surface area contributed by atoms with Crippen LogP contribution in [0.5, 0.6) is 5.75 Å². The standard InChI is InChI=1S/C16H11BrClFO2/c17-14-2-1-12(19)8-13(14)15(20)7-10-6-11(18)5-9-3-4-21-16(9)10/h1-2,5-6,8H,3-4,7H2. The molecular formula is C16H11BrClFO2. The number of benzene rings is 2. The largest absolute Gasteiger partial charge is 0.493 e. The second kappa shape index (κ2) is 5.78. The van der Waals surface area contributed by atoms with Crippen LogP contribution in [0.2, 0.25) is 5.02 Å². The van der Waals surface area contributed by atoms with Crippen LogP contribution < -0.4 is 4.74 Å². The number of halogens is 3. The lowest BCUT2D eigenvalue weighted by molar-refractivity contribution is 0.0991. The van der Waals surface area contributed by atoms with Crippen LogP contribution in [-0.2, 0) is 12.8 Å². The first-order valence-corrected chi connectivity index (χ1v) is 7.64. The molecule has 3 rings (SSSR count). The van der Waals surface area contributed by atoms with Gasteiger partial charge in [0.05, 0.1) is 6.61 Å². The molecule has 0 atom stereocenters. The minimum atomic E-state index is -0.436. The van der Waals surface area contributed by atoms with E-state index < -0.39 is 5.82 Å². The molecule has 108 valence electrons. The van der Waals surface area contributed by atoms with Gasteiger partial charge < -0.3 is 4.74 Å². The molecule has 0 bridgehead atoms. The predicted molar refractivity (Wildman–Crippen MR) is 82.8 cm³/mol. The van der Waals surface area contributed by atoms with E-state index >= 15 is 0 Å². The van der Waals surface area contributed by atoms with Gasteiger partial charge in [0.15, 0.2) is 5.78 Å². The first-order valence-electron chi connectivity index (χ1n) is 6.47. The second-order valence-corrected chi connectivity index (χ2v) is 6.17. The van der Waals surface area contributed by atoms with Gasteiger partial charge in [-0.15, -0.1) is 0 Å². The molecule has 0 aromatic heterocycles. The highest BCUT2D eigenvalue weighted by atomic mass is 79.9. The average molecular weight is 370 g/mol. The van der Waals surface area contributed by atoms with Crippen molar-refractivity contribution < 1.29 is 13.9 Å². The SMILES string of the molecule is O=C(Cc1cc(Cl)cc2c1OCC2)c1cc(F)ccc1Br. The second-order valence-electron chi connectivity index (χ2n) is 4.88. The van der Waals surface area contributed by atoms with Crippen molar-refractivity contribution in [3.8, 4) is 5.75 Å². The zero-order valence-corrected chi connectivity index (χ0v) is 13.3. The Morgan fingerprint density at radius 3 is 2.95 bits per heavy atom. The lowest BCUT2D eigenvalue weighted by Crippen LogP contribution is -2.06. The van der Waals surface area contributed by atoms with E-state index in [1.54, 1.807) is 6.07 Å². The van der Waals surface area contributed by atoms with Gasteiger partial charge >= 0.3 is 0 Å². The molecule has 0 amide bonds. The van der Waals surface area contributed by atoms with Crippen molar-refractivity contribution in [1.82, 2.24) is 0 Å². The first-order chi connectivity index (χ1) is 10.0. The summed E-state index contributed by atoms with van der Waals surface area (Å²) in [5, 5.41) is 0.584. The number of hydrogen-bond acceptors (Lipinski definition) is 2. The molecule has 1 heterocycles. The third-order valence-electron chi connectivity index (χ3n) is 3.41. The Balaban J connectivity index is 1.94. The fourth-order valence-electron chi connectivity index (χ4n) is 2.46. The monoisotopic (exact) mass is 368 g/mol. The predicted octanol–water partition coefficient (Wildman–Crippen LogP) is 4.60. The van der Waals surface area contributed by atoms with Gasteiger partial charge in [0.2, 0.25) is 0 Å². The lowest BCUT2D eigenvalue weighted by Gasteiger charge is -2.09. The van der Waals surface area contributed by atoms with Gasteiger partial charge in [-0.1, -0.05) is 27.5 Å². The Morgan fingerprint density at radius 2 is 2.14 bits per heavy atom. The average Bonchev–Trinajstić information content (AvgIpc) is 2.89. The number of carbonyl (C=O) groups excluding carboxylic acids is 1. The molecule has 1 aliphatic rings. The van der Waals surface area contributed by atoms with Crippen LogP contribution in [0, 0.1) is 5.82 Å². The summed E-state index contributed by atoms with van der Waals surface area (Å²) in [5.41, 5.74) is 2.08. The summed E-state index contributed by atoms with van der Waals surface area (Å²) < 4.78 is 19.5. The Kier molecular flexibility index (Phi) is 4.00. The zero-order chi connectivity index (χ0) is 15.0. The van der Waals surface area contributed by atoms with Crippen LogP contribution >= 0.6 is 27.5 Å². The van der Waals surface area contributed by atoms with E-state index in [1.165, 1.54) is 18.2 Å². The van der Waals surface area contributed by atoms with Gasteiger partial charge in [0.1, 0.15) is 11.6 Å². The van der Waals surface area contributed by atoms with Crippen molar-refractivity contribution in [2.75, 3.05) is 6.61 Å². The molecule has 21 heavy (non-hydrogen) atoms. The van der Waals surface area contributed by atoms with E-state index in [1.807, 2.05) is 6.07 Å². The van der Waals surface area contributed by atoms with Crippen molar-refractivity contribution in [3.05, 3.63) is 62.3 Å².